The maximum Gasteiger partial charge on any atom is 0.248 e. The van der Waals surface area contributed by atoms with E-state index in [4.69, 9.17) is 16.9 Å². The third-order valence-electron chi connectivity index (χ3n) is 3.22. The number of anilines is 1. The van der Waals surface area contributed by atoms with E-state index in [0.29, 0.717) is 16.3 Å². The van der Waals surface area contributed by atoms with Crippen LogP contribution in [0.5, 0.6) is 0 Å². The standard InChI is InChI=1S/C16H10ClFN6O/c17-12-4-1-11(8-19)14(7-12)20-15(25)9-24-22-16(21-23-24)10-2-5-13(18)6-3-10/h1-7H,9H2,(H,20,25). The van der Waals surface area contributed by atoms with Gasteiger partial charge >= 0.3 is 0 Å². The summed E-state index contributed by atoms with van der Waals surface area (Å²) < 4.78 is 12.9. The molecule has 0 saturated heterocycles. The van der Waals surface area contributed by atoms with E-state index in [-0.39, 0.29) is 23.7 Å². The fourth-order valence-corrected chi connectivity index (χ4v) is 2.23. The molecule has 0 spiro atoms. The van der Waals surface area contributed by atoms with Crippen molar-refractivity contribution in [3.63, 3.8) is 0 Å². The molecule has 0 fully saturated rings. The van der Waals surface area contributed by atoms with Crippen LogP contribution in [-0.2, 0) is 11.3 Å². The van der Waals surface area contributed by atoms with Crippen molar-refractivity contribution in [3.05, 3.63) is 58.9 Å². The number of carbonyl (C=O) groups excluding carboxylic acids is 1. The lowest BCUT2D eigenvalue weighted by molar-refractivity contribution is -0.117. The molecule has 1 N–H and O–H groups in total. The molecule has 0 aliphatic rings. The SMILES string of the molecule is N#Cc1ccc(Cl)cc1NC(=O)Cn1nnc(-c2ccc(F)cc2)n1. The maximum atomic E-state index is 12.9. The van der Waals surface area contributed by atoms with E-state index in [9.17, 15) is 9.18 Å². The average molecular weight is 357 g/mol. The van der Waals surface area contributed by atoms with E-state index in [1.165, 1.54) is 36.4 Å². The van der Waals surface area contributed by atoms with Gasteiger partial charge in [0, 0.05) is 10.6 Å². The first kappa shape index (κ1) is 16.5. The van der Waals surface area contributed by atoms with Crippen molar-refractivity contribution in [1.29, 1.82) is 5.26 Å². The number of nitrogens with one attached hydrogen (secondary N) is 1. The molecule has 124 valence electrons. The van der Waals surface area contributed by atoms with Crippen molar-refractivity contribution in [2.75, 3.05) is 5.32 Å². The van der Waals surface area contributed by atoms with Gasteiger partial charge in [-0.15, -0.1) is 10.2 Å². The number of rotatable bonds is 4. The zero-order valence-corrected chi connectivity index (χ0v) is 13.4. The van der Waals surface area contributed by atoms with Gasteiger partial charge in [0.25, 0.3) is 0 Å². The number of halogens is 2. The predicted molar refractivity (Wildman–Crippen MR) is 88.0 cm³/mol. The molecule has 9 heteroatoms. The highest BCUT2D eigenvalue weighted by Gasteiger charge is 2.12. The van der Waals surface area contributed by atoms with Gasteiger partial charge in [-0.1, -0.05) is 11.6 Å². The lowest BCUT2D eigenvalue weighted by Crippen LogP contribution is -2.21. The minimum atomic E-state index is -0.443. The van der Waals surface area contributed by atoms with Crippen LogP contribution in [0.3, 0.4) is 0 Å². The Balaban J connectivity index is 1.71. The Kier molecular flexibility index (Phi) is 4.68. The van der Waals surface area contributed by atoms with Gasteiger partial charge in [-0.3, -0.25) is 4.79 Å². The Bertz CT molecular complexity index is 964. The number of aromatic nitrogens is 4. The van der Waals surface area contributed by atoms with E-state index in [2.05, 4.69) is 20.7 Å². The first-order valence-electron chi connectivity index (χ1n) is 7.08. The van der Waals surface area contributed by atoms with Crippen LogP contribution < -0.4 is 5.32 Å². The number of carbonyl (C=O) groups is 1. The van der Waals surface area contributed by atoms with Crippen LogP contribution in [0.4, 0.5) is 10.1 Å². The number of benzene rings is 2. The van der Waals surface area contributed by atoms with Gasteiger partial charge < -0.3 is 5.32 Å². The molecule has 3 aromatic rings. The molecule has 1 aromatic heterocycles. The normalized spacial score (nSPS) is 10.3. The molecule has 0 aliphatic carbocycles. The van der Waals surface area contributed by atoms with Gasteiger partial charge in [0.2, 0.25) is 11.7 Å². The van der Waals surface area contributed by atoms with Crippen molar-refractivity contribution in [3.8, 4) is 17.5 Å². The number of nitrogens with zero attached hydrogens (tertiary/aromatic N) is 5. The smallest absolute Gasteiger partial charge is 0.248 e. The molecule has 2 aromatic carbocycles. The number of tetrazole rings is 1. The Morgan fingerprint density at radius 1 is 1.28 bits per heavy atom. The predicted octanol–water partition coefficient (Wildman–Crippen LogP) is 2.64. The molecular formula is C16H10ClFN6O. The van der Waals surface area contributed by atoms with Gasteiger partial charge in [-0.05, 0) is 47.7 Å². The summed E-state index contributed by atoms with van der Waals surface area (Å²) in [5.41, 5.74) is 1.17. The third kappa shape index (κ3) is 3.97. The number of nitriles is 1. The van der Waals surface area contributed by atoms with Gasteiger partial charge in [-0.25, -0.2) is 4.39 Å². The molecule has 25 heavy (non-hydrogen) atoms. The van der Waals surface area contributed by atoms with Crippen molar-refractivity contribution in [1.82, 2.24) is 20.2 Å². The molecule has 1 amide bonds. The van der Waals surface area contributed by atoms with E-state index < -0.39 is 5.91 Å². The molecule has 7 nitrogen and oxygen atoms in total. The Morgan fingerprint density at radius 2 is 2.04 bits per heavy atom. The van der Waals surface area contributed by atoms with E-state index in [1.807, 2.05) is 6.07 Å². The van der Waals surface area contributed by atoms with Crippen LogP contribution in [-0.4, -0.2) is 26.1 Å². The van der Waals surface area contributed by atoms with Crippen molar-refractivity contribution < 1.29 is 9.18 Å². The van der Waals surface area contributed by atoms with E-state index in [1.54, 1.807) is 6.07 Å². The first-order valence-corrected chi connectivity index (χ1v) is 7.46. The molecular weight excluding hydrogens is 347 g/mol. The molecule has 0 aliphatic heterocycles. The summed E-state index contributed by atoms with van der Waals surface area (Å²) in [5, 5.41) is 23.7. The minimum absolute atomic E-state index is 0.203. The summed E-state index contributed by atoms with van der Waals surface area (Å²) in [6, 6.07) is 12.1. The van der Waals surface area contributed by atoms with Gasteiger partial charge in [-0.2, -0.15) is 10.1 Å². The summed E-state index contributed by atoms with van der Waals surface area (Å²) in [6.07, 6.45) is 0. The monoisotopic (exact) mass is 356 g/mol. The lowest BCUT2D eigenvalue weighted by Gasteiger charge is -2.06. The van der Waals surface area contributed by atoms with Gasteiger partial charge in [0.15, 0.2) is 0 Å². The largest absolute Gasteiger partial charge is 0.323 e. The lowest BCUT2D eigenvalue weighted by atomic mass is 10.2. The Labute approximate surface area is 146 Å². The minimum Gasteiger partial charge on any atom is -0.323 e. The number of hydrogen-bond donors (Lipinski definition) is 1. The van der Waals surface area contributed by atoms with E-state index >= 15 is 0 Å². The Morgan fingerprint density at radius 3 is 2.76 bits per heavy atom. The third-order valence-corrected chi connectivity index (χ3v) is 3.45. The summed E-state index contributed by atoms with van der Waals surface area (Å²) in [5.74, 6) is -0.541. The molecule has 0 unspecified atom stereocenters. The van der Waals surface area contributed by atoms with Crippen molar-refractivity contribution >= 4 is 23.2 Å². The van der Waals surface area contributed by atoms with Crippen LogP contribution in [0.25, 0.3) is 11.4 Å². The van der Waals surface area contributed by atoms with Crippen LogP contribution in [0.1, 0.15) is 5.56 Å². The highest BCUT2D eigenvalue weighted by atomic mass is 35.5. The fraction of sp³-hybridized carbons (Fsp3) is 0.0625. The highest BCUT2D eigenvalue weighted by molar-refractivity contribution is 6.31. The van der Waals surface area contributed by atoms with Crippen LogP contribution in [0.15, 0.2) is 42.5 Å². The van der Waals surface area contributed by atoms with Crippen molar-refractivity contribution in [2.24, 2.45) is 0 Å². The second kappa shape index (κ2) is 7.07. The summed E-state index contributed by atoms with van der Waals surface area (Å²) in [6.45, 7) is -0.203. The van der Waals surface area contributed by atoms with Crippen LogP contribution >= 0.6 is 11.6 Å². The quantitative estimate of drug-likeness (QED) is 0.775. The molecule has 0 bridgehead atoms. The van der Waals surface area contributed by atoms with Crippen LogP contribution in [0, 0.1) is 17.1 Å². The van der Waals surface area contributed by atoms with Crippen LogP contribution in [0.2, 0.25) is 5.02 Å². The maximum absolute atomic E-state index is 12.9. The highest BCUT2D eigenvalue weighted by Crippen LogP contribution is 2.20. The zero-order valence-electron chi connectivity index (χ0n) is 12.6. The second-order valence-corrected chi connectivity index (χ2v) is 5.44. The topological polar surface area (TPSA) is 96.5 Å². The second-order valence-electron chi connectivity index (χ2n) is 5.00. The zero-order chi connectivity index (χ0) is 17.8. The Hall–Kier alpha value is -3.31. The van der Waals surface area contributed by atoms with E-state index in [0.717, 1.165) is 4.80 Å². The molecule has 0 saturated carbocycles. The summed E-state index contributed by atoms with van der Waals surface area (Å²) in [7, 11) is 0. The first-order chi connectivity index (χ1) is 12.0. The summed E-state index contributed by atoms with van der Waals surface area (Å²) >= 11 is 5.87. The molecule has 3 rings (SSSR count). The average Bonchev–Trinajstić information content (AvgIpc) is 3.04. The molecule has 0 radical (unpaired) electrons. The number of amides is 1. The van der Waals surface area contributed by atoms with Gasteiger partial charge in [0.05, 0.1) is 11.3 Å². The van der Waals surface area contributed by atoms with Crippen molar-refractivity contribution in [2.45, 2.75) is 6.54 Å². The number of hydrogen-bond acceptors (Lipinski definition) is 5. The van der Waals surface area contributed by atoms with Gasteiger partial charge in [0.1, 0.15) is 18.4 Å². The molecule has 1 heterocycles. The molecule has 0 atom stereocenters. The fourth-order valence-electron chi connectivity index (χ4n) is 2.06. The summed E-state index contributed by atoms with van der Waals surface area (Å²) in [4.78, 5) is 13.2.